The fourth-order valence-corrected chi connectivity index (χ4v) is 8.66. The summed E-state index contributed by atoms with van der Waals surface area (Å²) in [6.07, 6.45) is 9.75. The Hall–Kier alpha value is -1.61. The molecule has 0 amide bonds. The molecule has 4 aliphatic carbocycles. The van der Waals surface area contributed by atoms with Crippen LogP contribution in [0.3, 0.4) is 0 Å². The van der Waals surface area contributed by atoms with Crippen LogP contribution in [-0.2, 0) is 19.9 Å². The average molecular weight is 405 g/mol. The van der Waals surface area contributed by atoms with Crippen molar-refractivity contribution >= 4 is 0 Å². The Bertz CT molecular complexity index is 965. The van der Waals surface area contributed by atoms with Gasteiger partial charge in [0.05, 0.1) is 17.5 Å². The number of hydrogen-bond acceptors (Lipinski definition) is 2. The van der Waals surface area contributed by atoms with Gasteiger partial charge in [0.2, 0.25) is 0 Å². The molecule has 1 heterocycles. The second kappa shape index (κ2) is 6.45. The lowest BCUT2D eigenvalue weighted by atomic mass is 9.45. The molecule has 7 atom stereocenters. The van der Waals surface area contributed by atoms with Crippen molar-refractivity contribution in [1.29, 1.82) is 0 Å². The summed E-state index contributed by atoms with van der Waals surface area (Å²) in [4.78, 5) is 0. The SMILES string of the molecule is Cn1nc2c(c1-c1ccccc1)C[C@@]1(C)[C@@H](CC[C@@H]3[C@@H]1CC[C@]1(C)[C@@H](O)CC[C@@H]31)C2. The summed E-state index contributed by atoms with van der Waals surface area (Å²) in [5.74, 6) is 3.10. The maximum atomic E-state index is 10.8. The van der Waals surface area contributed by atoms with Gasteiger partial charge in [-0.05, 0) is 85.9 Å². The fourth-order valence-electron chi connectivity index (χ4n) is 8.66. The van der Waals surface area contributed by atoms with Gasteiger partial charge in [0.15, 0.2) is 0 Å². The van der Waals surface area contributed by atoms with Crippen molar-refractivity contribution in [1.82, 2.24) is 9.78 Å². The first-order valence-electron chi connectivity index (χ1n) is 12.2. The number of aryl methyl sites for hydroxylation is 1. The summed E-state index contributed by atoms with van der Waals surface area (Å²) >= 11 is 0. The van der Waals surface area contributed by atoms with E-state index in [0.29, 0.717) is 5.41 Å². The van der Waals surface area contributed by atoms with Crippen LogP contribution in [0.25, 0.3) is 11.3 Å². The lowest BCUT2D eigenvalue weighted by molar-refractivity contribution is -0.111. The van der Waals surface area contributed by atoms with Gasteiger partial charge in [-0.1, -0.05) is 44.2 Å². The molecule has 3 saturated carbocycles. The molecule has 2 aromatic rings. The Kier molecular flexibility index (Phi) is 4.11. The van der Waals surface area contributed by atoms with Crippen molar-refractivity contribution in [2.24, 2.45) is 41.5 Å². The minimum atomic E-state index is -0.0741. The van der Waals surface area contributed by atoms with Crippen LogP contribution in [0.1, 0.15) is 63.6 Å². The zero-order valence-corrected chi connectivity index (χ0v) is 18.8. The average Bonchev–Trinajstić information content (AvgIpc) is 3.21. The summed E-state index contributed by atoms with van der Waals surface area (Å²) in [6.45, 7) is 5.01. The van der Waals surface area contributed by atoms with E-state index in [0.717, 1.165) is 36.5 Å². The molecule has 6 rings (SSSR count). The van der Waals surface area contributed by atoms with Crippen molar-refractivity contribution in [3.05, 3.63) is 41.6 Å². The van der Waals surface area contributed by atoms with Crippen molar-refractivity contribution in [2.75, 3.05) is 0 Å². The second-order valence-corrected chi connectivity index (χ2v) is 11.4. The van der Waals surface area contributed by atoms with Gasteiger partial charge in [0.1, 0.15) is 0 Å². The van der Waals surface area contributed by atoms with Gasteiger partial charge in [-0.2, -0.15) is 5.10 Å². The van der Waals surface area contributed by atoms with E-state index < -0.39 is 0 Å². The number of benzene rings is 1. The third-order valence-electron chi connectivity index (χ3n) is 10.3. The molecule has 1 aromatic heterocycles. The first kappa shape index (κ1) is 19.1. The van der Waals surface area contributed by atoms with E-state index in [4.69, 9.17) is 5.10 Å². The van der Waals surface area contributed by atoms with E-state index in [2.05, 4.69) is 55.9 Å². The van der Waals surface area contributed by atoms with Crippen molar-refractivity contribution in [3.63, 3.8) is 0 Å². The summed E-state index contributed by atoms with van der Waals surface area (Å²) < 4.78 is 2.14. The number of aromatic nitrogens is 2. The van der Waals surface area contributed by atoms with E-state index >= 15 is 0 Å². The molecule has 1 N–H and O–H groups in total. The topological polar surface area (TPSA) is 38.0 Å². The molecule has 4 aliphatic rings. The van der Waals surface area contributed by atoms with Crippen LogP contribution in [-0.4, -0.2) is 21.0 Å². The number of rotatable bonds is 1. The highest BCUT2D eigenvalue weighted by Gasteiger charge is 2.60. The minimum absolute atomic E-state index is 0.0741. The molecule has 160 valence electrons. The molecule has 1 aromatic carbocycles. The molecule has 0 radical (unpaired) electrons. The van der Waals surface area contributed by atoms with Gasteiger partial charge < -0.3 is 5.11 Å². The molecule has 0 spiro atoms. The van der Waals surface area contributed by atoms with Crippen LogP contribution < -0.4 is 0 Å². The standard InChI is InChI=1S/C27H36N2O/c1-26-14-13-22-19(21(26)11-12-24(26)30)10-9-18-15-23-20(16-27(18,22)2)25(29(3)28-23)17-7-5-4-6-8-17/h4-8,18-19,21-22,24,30H,9-16H2,1-3H3/t18-,19-,21-,22-,24-,26-,27-/m0/s1. The third-order valence-corrected chi connectivity index (χ3v) is 10.3. The largest absolute Gasteiger partial charge is 0.393 e. The Morgan fingerprint density at radius 3 is 2.53 bits per heavy atom. The molecular formula is C27H36N2O. The van der Waals surface area contributed by atoms with Crippen molar-refractivity contribution in [3.8, 4) is 11.3 Å². The number of fused-ring (bicyclic) bond motifs is 6. The minimum Gasteiger partial charge on any atom is -0.393 e. The van der Waals surface area contributed by atoms with Gasteiger partial charge >= 0.3 is 0 Å². The first-order chi connectivity index (χ1) is 14.4. The number of hydrogen-bond donors (Lipinski definition) is 1. The third kappa shape index (κ3) is 2.45. The molecule has 0 bridgehead atoms. The second-order valence-electron chi connectivity index (χ2n) is 11.4. The van der Waals surface area contributed by atoms with Gasteiger partial charge in [-0.15, -0.1) is 0 Å². The predicted molar refractivity (Wildman–Crippen MR) is 120 cm³/mol. The van der Waals surface area contributed by atoms with Crippen LogP contribution >= 0.6 is 0 Å². The van der Waals surface area contributed by atoms with Gasteiger partial charge in [0.25, 0.3) is 0 Å². The van der Waals surface area contributed by atoms with E-state index in [1.165, 1.54) is 61.0 Å². The zero-order valence-electron chi connectivity index (χ0n) is 18.8. The van der Waals surface area contributed by atoms with Crippen LogP contribution in [0.15, 0.2) is 30.3 Å². The number of aliphatic hydroxyl groups is 1. The van der Waals surface area contributed by atoms with E-state index in [1.54, 1.807) is 0 Å². The predicted octanol–water partition coefficient (Wildman–Crippen LogP) is 5.41. The Labute approximate surface area is 180 Å². The highest BCUT2D eigenvalue weighted by molar-refractivity contribution is 5.65. The van der Waals surface area contributed by atoms with Crippen LogP contribution in [0.4, 0.5) is 0 Å². The Morgan fingerprint density at radius 1 is 0.967 bits per heavy atom. The molecule has 0 saturated heterocycles. The van der Waals surface area contributed by atoms with Gasteiger partial charge in [0, 0.05) is 18.2 Å². The lowest BCUT2D eigenvalue weighted by Crippen LogP contribution is -2.54. The summed E-state index contributed by atoms with van der Waals surface area (Å²) in [7, 11) is 2.13. The van der Waals surface area contributed by atoms with Crippen molar-refractivity contribution in [2.45, 2.75) is 71.3 Å². The maximum absolute atomic E-state index is 10.8. The molecule has 0 aliphatic heterocycles. The van der Waals surface area contributed by atoms with E-state index in [-0.39, 0.29) is 11.5 Å². The summed E-state index contributed by atoms with van der Waals surface area (Å²) in [5, 5.41) is 15.8. The molecule has 3 heteroatoms. The smallest absolute Gasteiger partial charge is 0.0714 e. The zero-order chi connectivity index (χ0) is 20.7. The quantitative estimate of drug-likeness (QED) is 0.690. The molecule has 0 unspecified atom stereocenters. The van der Waals surface area contributed by atoms with E-state index in [1.807, 2.05) is 0 Å². The highest BCUT2D eigenvalue weighted by Crippen LogP contribution is 2.65. The van der Waals surface area contributed by atoms with Gasteiger partial charge in [-0.3, -0.25) is 4.68 Å². The first-order valence-corrected chi connectivity index (χ1v) is 12.2. The Morgan fingerprint density at radius 2 is 1.73 bits per heavy atom. The number of aliphatic hydroxyl groups excluding tert-OH is 1. The van der Waals surface area contributed by atoms with E-state index in [9.17, 15) is 5.11 Å². The van der Waals surface area contributed by atoms with Crippen LogP contribution in [0.2, 0.25) is 0 Å². The summed E-state index contributed by atoms with van der Waals surface area (Å²) in [6, 6.07) is 10.9. The highest BCUT2D eigenvalue weighted by atomic mass is 16.3. The maximum Gasteiger partial charge on any atom is 0.0714 e. The van der Waals surface area contributed by atoms with Crippen LogP contribution in [0.5, 0.6) is 0 Å². The monoisotopic (exact) mass is 404 g/mol. The Balaban J connectivity index is 1.39. The van der Waals surface area contributed by atoms with Crippen molar-refractivity contribution < 1.29 is 5.11 Å². The normalized spacial score (nSPS) is 42.2. The van der Waals surface area contributed by atoms with Gasteiger partial charge in [-0.25, -0.2) is 0 Å². The molecular weight excluding hydrogens is 368 g/mol. The molecule has 3 fully saturated rings. The summed E-state index contributed by atoms with van der Waals surface area (Å²) in [5.41, 5.74) is 6.06. The number of nitrogens with zero attached hydrogens (tertiary/aromatic N) is 2. The molecule has 3 nitrogen and oxygen atoms in total. The fraction of sp³-hybridized carbons (Fsp3) is 0.667. The van der Waals surface area contributed by atoms with Crippen LogP contribution in [0, 0.1) is 34.5 Å². The lowest BCUT2D eigenvalue weighted by Gasteiger charge is -2.60. The molecule has 30 heavy (non-hydrogen) atoms.